The molecular formula is C14H17ClN2O. The summed E-state index contributed by atoms with van der Waals surface area (Å²) >= 11 is 5.89. The predicted molar refractivity (Wildman–Crippen MR) is 74.1 cm³/mol. The van der Waals surface area contributed by atoms with Crippen LogP contribution < -0.4 is 4.74 Å². The van der Waals surface area contributed by atoms with Gasteiger partial charge in [0.1, 0.15) is 0 Å². The summed E-state index contributed by atoms with van der Waals surface area (Å²) in [6.07, 6.45) is 0.961. The summed E-state index contributed by atoms with van der Waals surface area (Å²) in [4.78, 5) is 8.32. The summed E-state index contributed by atoms with van der Waals surface area (Å²) in [5, 5.41) is 1.12. The van der Waals surface area contributed by atoms with Gasteiger partial charge in [0.2, 0.25) is 11.2 Å². The Morgan fingerprint density at radius 3 is 2.61 bits per heavy atom. The van der Waals surface area contributed by atoms with Crippen LogP contribution in [0.15, 0.2) is 24.3 Å². The minimum absolute atomic E-state index is 0.222. The summed E-state index contributed by atoms with van der Waals surface area (Å²) in [5.41, 5.74) is 1.05. The summed E-state index contributed by atoms with van der Waals surface area (Å²) in [7, 11) is 0. The van der Waals surface area contributed by atoms with Crippen LogP contribution in [0.1, 0.15) is 27.2 Å². The monoisotopic (exact) mass is 264 g/mol. The maximum Gasteiger partial charge on any atom is 0.226 e. The lowest BCUT2D eigenvalue weighted by atomic mass is 9.93. The number of benzene rings is 1. The topological polar surface area (TPSA) is 35.0 Å². The van der Waals surface area contributed by atoms with Crippen LogP contribution in [-0.4, -0.2) is 16.6 Å². The van der Waals surface area contributed by atoms with Crippen molar-refractivity contribution in [2.75, 3.05) is 6.61 Å². The molecule has 0 aliphatic rings. The summed E-state index contributed by atoms with van der Waals surface area (Å²) in [5.74, 6) is 0.565. The fourth-order valence-electron chi connectivity index (χ4n) is 1.58. The van der Waals surface area contributed by atoms with E-state index in [-0.39, 0.29) is 10.7 Å². The van der Waals surface area contributed by atoms with Crippen LogP contribution in [0.25, 0.3) is 10.9 Å². The first-order valence-corrected chi connectivity index (χ1v) is 6.39. The zero-order chi connectivity index (χ0) is 13.2. The zero-order valence-corrected chi connectivity index (χ0v) is 11.7. The number of aromatic nitrogens is 2. The molecule has 3 nitrogen and oxygen atoms in total. The van der Waals surface area contributed by atoms with Crippen molar-refractivity contribution in [2.24, 2.45) is 5.41 Å². The molecule has 0 spiro atoms. The lowest BCUT2D eigenvalue weighted by Gasteiger charge is -2.18. The standard InChI is InChI=1S/C14H17ClN2O/c1-14(2,3)8-9-18-12-10-6-4-5-7-11(10)16-13(15)17-12/h4-7H,8-9H2,1-3H3. The van der Waals surface area contributed by atoms with E-state index in [1.54, 1.807) is 0 Å². The predicted octanol–water partition coefficient (Wildman–Crippen LogP) is 4.10. The first kappa shape index (κ1) is 13.1. The number of rotatable bonds is 3. The van der Waals surface area contributed by atoms with Crippen LogP contribution >= 0.6 is 11.6 Å². The maximum absolute atomic E-state index is 5.89. The quantitative estimate of drug-likeness (QED) is 0.783. The van der Waals surface area contributed by atoms with Crippen molar-refractivity contribution in [1.82, 2.24) is 9.97 Å². The third kappa shape index (κ3) is 3.33. The van der Waals surface area contributed by atoms with Gasteiger partial charge < -0.3 is 4.74 Å². The maximum atomic E-state index is 5.89. The average molecular weight is 265 g/mol. The van der Waals surface area contributed by atoms with Crippen molar-refractivity contribution in [1.29, 1.82) is 0 Å². The number of halogens is 1. The highest BCUT2D eigenvalue weighted by atomic mass is 35.5. The zero-order valence-electron chi connectivity index (χ0n) is 10.9. The van der Waals surface area contributed by atoms with Crippen molar-refractivity contribution in [3.05, 3.63) is 29.5 Å². The van der Waals surface area contributed by atoms with E-state index in [0.29, 0.717) is 12.5 Å². The first-order chi connectivity index (χ1) is 8.46. The molecule has 0 unspecified atom stereocenters. The molecule has 0 amide bonds. The molecule has 0 N–H and O–H groups in total. The highest BCUT2D eigenvalue weighted by Crippen LogP contribution is 2.25. The van der Waals surface area contributed by atoms with Crippen LogP contribution in [0.5, 0.6) is 5.88 Å². The van der Waals surface area contributed by atoms with E-state index in [4.69, 9.17) is 16.3 Å². The van der Waals surface area contributed by atoms with E-state index < -0.39 is 0 Å². The van der Waals surface area contributed by atoms with E-state index in [0.717, 1.165) is 17.3 Å². The van der Waals surface area contributed by atoms with Crippen LogP contribution in [0.4, 0.5) is 0 Å². The van der Waals surface area contributed by atoms with Crippen molar-refractivity contribution < 1.29 is 4.74 Å². The van der Waals surface area contributed by atoms with Crippen molar-refractivity contribution >= 4 is 22.5 Å². The molecule has 0 saturated carbocycles. The Hall–Kier alpha value is -1.35. The Bertz CT molecular complexity index is 549. The van der Waals surface area contributed by atoms with Gasteiger partial charge in [-0.15, -0.1) is 0 Å². The normalized spacial score (nSPS) is 11.8. The summed E-state index contributed by atoms with van der Waals surface area (Å²) in [6.45, 7) is 7.17. The molecular weight excluding hydrogens is 248 g/mol. The largest absolute Gasteiger partial charge is 0.477 e. The second-order valence-electron chi connectivity index (χ2n) is 5.47. The molecule has 1 aromatic carbocycles. The molecule has 18 heavy (non-hydrogen) atoms. The number of hydrogen-bond acceptors (Lipinski definition) is 3. The van der Waals surface area contributed by atoms with Crippen LogP contribution in [0, 0.1) is 5.41 Å². The SMILES string of the molecule is CC(C)(C)CCOc1nc(Cl)nc2ccccc12. The minimum Gasteiger partial charge on any atom is -0.477 e. The molecule has 2 aromatic rings. The van der Waals surface area contributed by atoms with Crippen molar-refractivity contribution in [3.8, 4) is 5.88 Å². The van der Waals surface area contributed by atoms with E-state index in [1.807, 2.05) is 24.3 Å². The van der Waals surface area contributed by atoms with Gasteiger partial charge >= 0.3 is 0 Å². The van der Waals surface area contributed by atoms with Gasteiger partial charge in [-0.3, -0.25) is 0 Å². The number of para-hydroxylation sites is 1. The first-order valence-electron chi connectivity index (χ1n) is 6.01. The molecule has 1 aromatic heterocycles. The van der Waals surface area contributed by atoms with Crippen molar-refractivity contribution in [3.63, 3.8) is 0 Å². The lowest BCUT2D eigenvalue weighted by molar-refractivity contribution is 0.238. The van der Waals surface area contributed by atoms with Gasteiger partial charge in [-0.25, -0.2) is 4.98 Å². The molecule has 0 saturated heterocycles. The third-order valence-electron chi connectivity index (χ3n) is 2.63. The third-order valence-corrected chi connectivity index (χ3v) is 2.80. The van der Waals surface area contributed by atoms with E-state index >= 15 is 0 Å². The van der Waals surface area contributed by atoms with Gasteiger partial charge in [0.25, 0.3) is 0 Å². The highest BCUT2D eigenvalue weighted by molar-refractivity contribution is 6.28. The summed E-state index contributed by atoms with van der Waals surface area (Å²) in [6, 6.07) is 7.71. The summed E-state index contributed by atoms with van der Waals surface area (Å²) < 4.78 is 5.74. The Balaban J connectivity index is 2.22. The minimum atomic E-state index is 0.222. The molecule has 0 radical (unpaired) electrons. The number of nitrogens with zero attached hydrogens (tertiary/aromatic N) is 2. The molecule has 4 heteroatoms. The van der Waals surface area contributed by atoms with E-state index in [2.05, 4.69) is 30.7 Å². The molecule has 0 fully saturated rings. The van der Waals surface area contributed by atoms with Crippen LogP contribution in [0.2, 0.25) is 5.28 Å². The molecule has 1 heterocycles. The molecule has 96 valence electrons. The number of hydrogen-bond donors (Lipinski definition) is 0. The highest BCUT2D eigenvalue weighted by Gasteiger charge is 2.12. The Labute approximate surface area is 112 Å². The molecule has 0 atom stereocenters. The fraction of sp³-hybridized carbons (Fsp3) is 0.429. The van der Waals surface area contributed by atoms with Gasteiger partial charge in [0.15, 0.2) is 0 Å². The van der Waals surface area contributed by atoms with Gasteiger partial charge in [-0.1, -0.05) is 32.9 Å². The van der Waals surface area contributed by atoms with Crippen molar-refractivity contribution in [2.45, 2.75) is 27.2 Å². The average Bonchev–Trinajstić information content (AvgIpc) is 2.27. The lowest BCUT2D eigenvalue weighted by Crippen LogP contribution is -2.11. The fourth-order valence-corrected chi connectivity index (χ4v) is 1.75. The van der Waals surface area contributed by atoms with E-state index in [1.165, 1.54) is 0 Å². The van der Waals surface area contributed by atoms with Gasteiger partial charge in [-0.2, -0.15) is 4.98 Å². The van der Waals surface area contributed by atoms with Crippen LogP contribution in [-0.2, 0) is 0 Å². The van der Waals surface area contributed by atoms with E-state index in [9.17, 15) is 0 Å². The Morgan fingerprint density at radius 2 is 1.89 bits per heavy atom. The van der Waals surface area contributed by atoms with Gasteiger partial charge in [0.05, 0.1) is 17.5 Å². The smallest absolute Gasteiger partial charge is 0.226 e. The van der Waals surface area contributed by atoms with Gasteiger partial charge in [-0.05, 0) is 35.6 Å². The second kappa shape index (κ2) is 5.11. The molecule has 0 bridgehead atoms. The second-order valence-corrected chi connectivity index (χ2v) is 5.81. The van der Waals surface area contributed by atoms with Crippen LogP contribution in [0.3, 0.4) is 0 Å². The van der Waals surface area contributed by atoms with Gasteiger partial charge in [0, 0.05) is 0 Å². The number of fused-ring (bicyclic) bond motifs is 1. The Kier molecular flexibility index (Phi) is 3.71. The Morgan fingerprint density at radius 1 is 1.17 bits per heavy atom. The molecule has 2 rings (SSSR count). The number of ether oxygens (including phenoxy) is 1. The molecule has 0 aliphatic heterocycles. The molecule has 0 aliphatic carbocycles.